The molecule has 1 aliphatic carbocycles. The van der Waals surface area contributed by atoms with Crippen LogP contribution >= 0.6 is 15.9 Å². The van der Waals surface area contributed by atoms with Gasteiger partial charge in [0.2, 0.25) is 5.91 Å². The molecule has 0 spiro atoms. The maximum atomic E-state index is 12.6. The minimum atomic E-state index is -0.572. The molecule has 116 valence electrons. The van der Waals surface area contributed by atoms with Gasteiger partial charge in [-0.05, 0) is 39.2 Å². The summed E-state index contributed by atoms with van der Waals surface area (Å²) in [5, 5.41) is 3.51. The van der Waals surface area contributed by atoms with E-state index in [1.165, 1.54) is 0 Å². The van der Waals surface area contributed by atoms with Crippen LogP contribution in [0.5, 0.6) is 0 Å². The fourth-order valence-corrected chi connectivity index (χ4v) is 3.29. The molecule has 0 aromatic heterocycles. The molecular weight excluding hydrogens is 324 g/mol. The van der Waals surface area contributed by atoms with Crippen LogP contribution < -0.4 is 11.1 Å². The van der Waals surface area contributed by atoms with Gasteiger partial charge < -0.3 is 15.8 Å². The average Bonchev–Trinajstić information content (AvgIpc) is 2.89. The van der Waals surface area contributed by atoms with Crippen molar-refractivity contribution < 1.29 is 14.3 Å². The molecule has 0 saturated heterocycles. The van der Waals surface area contributed by atoms with E-state index in [2.05, 4.69) is 21.2 Å². The monoisotopic (exact) mass is 348 g/mol. The van der Waals surface area contributed by atoms with Crippen LogP contribution in [0.1, 0.15) is 45.4 Å². The van der Waals surface area contributed by atoms with Crippen molar-refractivity contribution in [3.63, 3.8) is 0 Å². The number of rotatable bonds is 8. The fourth-order valence-electron chi connectivity index (χ4n) is 2.83. The third-order valence-corrected chi connectivity index (χ3v) is 4.40. The van der Waals surface area contributed by atoms with Gasteiger partial charge in [-0.2, -0.15) is 0 Å². The zero-order chi connectivity index (χ0) is 15.0. The van der Waals surface area contributed by atoms with Crippen molar-refractivity contribution in [2.45, 2.75) is 51.5 Å². The number of carbonyl (C=O) groups is 2. The summed E-state index contributed by atoms with van der Waals surface area (Å²) in [4.78, 5) is 24.4. The Hall–Kier alpha value is -0.620. The van der Waals surface area contributed by atoms with E-state index in [1.54, 1.807) is 6.92 Å². The zero-order valence-corrected chi connectivity index (χ0v) is 13.7. The molecule has 0 radical (unpaired) electrons. The number of nitrogens with one attached hydrogen (secondary N) is 1. The zero-order valence-electron chi connectivity index (χ0n) is 12.1. The minimum absolute atomic E-state index is 0.0422. The largest absolute Gasteiger partial charge is 0.464 e. The summed E-state index contributed by atoms with van der Waals surface area (Å²) < 4.78 is 5.01. The van der Waals surface area contributed by atoms with Crippen molar-refractivity contribution in [1.29, 1.82) is 0 Å². The number of hydrogen-bond donors (Lipinski definition) is 2. The first-order valence-electron chi connectivity index (χ1n) is 7.33. The Balaban J connectivity index is 2.70. The van der Waals surface area contributed by atoms with Gasteiger partial charge in [0.05, 0.1) is 12.0 Å². The summed E-state index contributed by atoms with van der Waals surface area (Å²) in [5.41, 5.74) is 5.27. The first-order chi connectivity index (χ1) is 9.59. The topological polar surface area (TPSA) is 81.4 Å². The third-order valence-electron chi connectivity index (χ3n) is 3.94. The Morgan fingerprint density at radius 1 is 1.40 bits per heavy atom. The second kappa shape index (κ2) is 8.62. The maximum absolute atomic E-state index is 12.6. The van der Waals surface area contributed by atoms with Crippen LogP contribution in [0.15, 0.2) is 0 Å². The summed E-state index contributed by atoms with van der Waals surface area (Å²) in [6.45, 7) is 2.58. The van der Waals surface area contributed by atoms with Crippen molar-refractivity contribution in [1.82, 2.24) is 5.32 Å². The Bertz CT molecular complexity index is 330. The van der Waals surface area contributed by atoms with Gasteiger partial charge in [-0.25, -0.2) is 4.79 Å². The molecular formula is C14H25BrN2O3. The Kier molecular flexibility index (Phi) is 7.51. The highest BCUT2D eigenvalue weighted by Gasteiger charge is 2.41. The number of halogens is 1. The van der Waals surface area contributed by atoms with Crippen LogP contribution in [0.2, 0.25) is 0 Å². The van der Waals surface area contributed by atoms with E-state index in [0.717, 1.165) is 25.7 Å². The maximum Gasteiger partial charge on any atom is 0.328 e. The van der Waals surface area contributed by atoms with E-state index in [1.807, 2.05) is 0 Å². The molecule has 1 atom stereocenters. The lowest BCUT2D eigenvalue weighted by Gasteiger charge is -2.29. The molecule has 0 aromatic rings. The van der Waals surface area contributed by atoms with Crippen LogP contribution in [0, 0.1) is 5.41 Å². The molecule has 0 aromatic carbocycles. The smallest absolute Gasteiger partial charge is 0.328 e. The van der Waals surface area contributed by atoms with Gasteiger partial charge in [0.25, 0.3) is 0 Å². The summed E-state index contributed by atoms with van der Waals surface area (Å²) >= 11 is 3.31. The third kappa shape index (κ3) is 4.45. The van der Waals surface area contributed by atoms with Crippen LogP contribution in [0.4, 0.5) is 0 Å². The molecule has 20 heavy (non-hydrogen) atoms. The summed E-state index contributed by atoms with van der Waals surface area (Å²) in [6, 6.07) is -0.572. The summed E-state index contributed by atoms with van der Waals surface area (Å²) in [6.07, 6.45) is 5.04. The summed E-state index contributed by atoms with van der Waals surface area (Å²) in [5.74, 6) is -0.402. The number of esters is 1. The van der Waals surface area contributed by atoms with Crippen molar-refractivity contribution >= 4 is 27.8 Å². The molecule has 1 fully saturated rings. The molecule has 0 unspecified atom stereocenters. The molecule has 5 nitrogen and oxygen atoms in total. The average molecular weight is 349 g/mol. The van der Waals surface area contributed by atoms with Crippen LogP contribution in [-0.2, 0) is 14.3 Å². The van der Waals surface area contributed by atoms with Gasteiger partial charge >= 0.3 is 5.97 Å². The minimum Gasteiger partial charge on any atom is -0.464 e. The lowest BCUT2D eigenvalue weighted by atomic mass is 9.81. The number of nitrogens with two attached hydrogens (primary N) is 1. The Morgan fingerprint density at radius 2 is 2.05 bits per heavy atom. The van der Waals surface area contributed by atoms with Gasteiger partial charge in [-0.15, -0.1) is 0 Å². The van der Waals surface area contributed by atoms with Crippen molar-refractivity contribution in [2.24, 2.45) is 11.1 Å². The van der Waals surface area contributed by atoms with Crippen molar-refractivity contribution in [3.8, 4) is 0 Å². The molecule has 0 aliphatic heterocycles. The molecule has 6 heteroatoms. The SMILES string of the molecule is CCOC(=O)[C@H](CCBr)NC(=O)C1(CCN)CCCC1. The predicted octanol–water partition coefficient (Wildman–Crippen LogP) is 1.73. The second-order valence-corrected chi connectivity index (χ2v) is 6.07. The van der Waals surface area contributed by atoms with E-state index in [9.17, 15) is 9.59 Å². The van der Waals surface area contributed by atoms with Gasteiger partial charge in [-0.3, -0.25) is 4.79 Å². The molecule has 1 aliphatic rings. The van der Waals surface area contributed by atoms with Crippen molar-refractivity contribution in [3.05, 3.63) is 0 Å². The first-order valence-corrected chi connectivity index (χ1v) is 8.45. The van der Waals surface area contributed by atoms with Gasteiger partial charge in [0.1, 0.15) is 6.04 Å². The normalized spacial score (nSPS) is 18.6. The van der Waals surface area contributed by atoms with Gasteiger partial charge in [0.15, 0.2) is 0 Å². The summed E-state index contributed by atoms with van der Waals surface area (Å²) in [7, 11) is 0. The number of hydrogen-bond acceptors (Lipinski definition) is 4. The number of alkyl halides is 1. The fraction of sp³-hybridized carbons (Fsp3) is 0.857. The quantitative estimate of drug-likeness (QED) is 0.517. The highest BCUT2D eigenvalue weighted by Crippen LogP contribution is 2.41. The molecule has 1 rings (SSSR count). The van der Waals surface area contributed by atoms with Gasteiger partial charge in [0, 0.05) is 5.33 Å². The van der Waals surface area contributed by atoms with E-state index >= 15 is 0 Å². The van der Waals surface area contributed by atoms with E-state index < -0.39 is 6.04 Å². The highest BCUT2D eigenvalue weighted by molar-refractivity contribution is 9.09. The second-order valence-electron chi connectivity index (χ2n) is 5.28. The van der Waals surface area contributed by atoms with Crippen LogP contribution in [0.25, 0.3) is 0 Å². The standard InChI is InChI=1S/C14H25BrN2O3/c1-2-20-12(18)11(5-9-15)17-13(19)14(8-10-16)6-3-4-7-14/h11H,2-10,16H2,1H3,(H,17,19)/t11-/m0/s1. The lowest BCUT2D eigenvalue weighted by molar-refractivity contribution is -0.148. The number of amides is 1. The molecule has 0 bridgehead atoms. The first kappa shape index (κ1) is 17.4. The predicted molar refractivity (Wildman–Crippen MR) is 81.5 cm³/mol. The van der Waals surface area contributed by atoms with E-state index in [-0.39, 0.29) is 17.3 Å². The Labute approximate surface area is 129 Å². The molecule has 1 amide bonds. The molecule has 1 saturated carbocycles. The van der Waals surface area contributed by atoms with Crippen molar-refractivity contribution in [2.75, 3.05) is 18.5 Å². The van der Waals surface area contributed by atoms with E-state index in [4.69, 9.17) is 10.5 Å². The van der Waals surface area contributed by atoms with Crippen LogP contribution in [0.3, 0.4) is 0 Å². The molecule has 0 heterocycles. The highest BCUT2D eigenvalue weighted by atomic mass is 79.9. The van der Waals surface area contributed by atoms with Gasteiger partial charge in [-0.1, -0.05) is 28.8 Å². The lowest BCUT2D eigenvalue weighted by Crippen LogP contribution is -2.49. The number of ether oxygens (including phenoxy) is 1. The van der Waals surface area contributed by atoms with Crippen LogP contribution in [-0.4, -0.2) is 36.4 Å². The Morgan fingerprint density at radius 3 is 2.55 bits per heavy atom. The molecule has 3 N–H and O–H groups in total. The number of carbonyl (C=O) groups excluding carboxylic acids is 2. The van der Waals surface area contributed by atoms with E-state index in [0.29, 0.717) is 31.3 Å².